The number of benzene rings is 2. The molecule has 8 heteroatoms. The summed E-state index contributed by atoms with van der Waals surface area (Å²) in [7, 11) is 0. The molecular formula is C22H23FN4O3. The Labute approximate surface area is 173 Å². The van der Waals surface area contributed by atoms with Crippen LogP contribution in [-0.4, -0.2) is 36.6 Å². The van der Waals surface area contributed by atoms with Gasteiger partial charge in [-0.15, -0.1) is 0 Å². The lowest BCUT2D eigenvalue weighted by Crippen LogP contribution is -2.58. The molecule has 0 aliphatic carbocycles. The van der Waals surface area contributed by atoms with Crippen LogP contribution in [0.5, 0.6) is 0 Å². The van der Waals surface area contributed by atoms with E-state index in [-0.39, 0.29) is 11.5 Å². The highest BCUT2D eigenvalue weighted by atomic mass is 19.1. The molecule has 0 spiro atoms. The highest BCUT2D eigenvalue weighted by molar-refractivity contribution is 5.93. The number of nitriles is 1. The van der Waals surface area contributed by atoms with Crippen LogP contribution in [0.15, 0.2) is 42.5 Å². The molecule has 156 valence electrons. The highest BCUT2D eigenvalue weighted by Crippen LogP contribution is 2.23. The fraction of sp³-hybridized carbons (Fsp3) is 0.318. The first-order valence-electron chi connectivity index (χ1n) is 9.58. The molecule has 1 aliphatic rings. The molecule has 0 saturated carbocycles. The van der Waals surface area contributed by atoms with Gasteiger partial charge in [-0.05, 0) is 41.7 Å². The average molecular weight is 410 g/mol. The van der Waals surface area contributed by atoms with Crippen LogP contribution in [0.25, 0.3) is 11.1 Å². The Bertz CT molecular complexity index is 979. The number of carbonyl (C=O) groups excluding carboxylic acids is 2. The van der Waals surface area contributed by atoms with Gasteiger partial charge in [0.05, 0.1) is 17.2 Å². The molecule has 0 bridgehead atoms. The molecule has 30 heavy (non-hydrogen) atoms. The minimum absolute atomic E-state index is 0.162. The van der Waals surface area contributed by atoms with Gasteiger partial charge >= 0.3 is 0 Å². The summed E-state index contributed by atoms with van der Waals surface area (Å²) in [6.07, 6.45) is 1.14. The monoisotopic (exact) mass is 410 g/mol. The molecular weight excluding hydrogens is 387 g/mol. The Kier molecular flexibility index (Phi) is 6.45. The van der Waals surface area contributed by atoms with E-state index in [1.807, 2.05) is 0 Å². The first kappa shape index (κ1) is 21.4. The second-order valence-electron chi connectivity index (χ2n) is 7.38. The Balaban J connectivity index is 1.67. The van der Waals surface area contributed by atoms with E-state index < -0.39 is 23.3 Å². The van der Waals surface area contributed by atoms with E-state index in [1.165, 1.54) is 12.1 Å². The third-order valence-corrected chi connectivity index (χ3v) is 5.26. The van der Waals surface area contributed by atoms with Crippen molar-refractivity contribution < 1.29 is 18.7 Å². The largest absolute Gasteiger partial charge is 0.381 e. The molecule has 1 unspecified atom stereocenters. The molecule has 5 N–H and O–H groups in total. The van der Waals surface area contributed by atoms with E-state index in [2.05, 4.69) is 11.4 Å². The molecule has 0 aromatic heterocycles. The molecule has 1 atom stereocenters. The Morgan fingerprint density at radius 3 is 2.37 bits per heavy atom. The van der Waals surface area contributed by atoms with Gasteiger partial charge in [0.1, 0.15) is 11.9 Å². The van der Waals surface area contributed by atoms with Gasteiger partial charge in [-0.3, -0.25) is 9.59 Å². The molecule has 1 aliphatic heterocycles. The number of ether oxygens (including phenoxy) is 1. The van der Waals surface area contributed by atoms with Crippen LogP contribution in [0.4, 0.5) is 4.39 Å². The maximum absolute atomic E-state index is 14.0. The number of hydrogen-bond donors (Lipinski definition) is 3. The van der Waals surface area contributed by atoms with Crippen molar-refractivity contribution in [3.05, 3.63) is 59.4 Å². The first-order chi connectivity index (χ1) is 14.3. The van der Waals surface area contributed by atoms with Crippen LogP contribution in [-0.2, 0) is 16.0 Å². The van der Waals surface area contributed by atoms with Gasteiger partial charge in [0.15, 0.2) is 0 Å². The summed E-state index contributed by atoms with van der Waals surface area (Å²) in [6.45, 7) is 0.841. The topological polar surface area (TPSA) is 131 Å². The van der Waals surface area contributed by atoms with E-state index in [1.54, 1.807) is 30.3 Å². The average Bonchev–Trinajstić information content (AvgIpc) is 2.74. The number of carbonyl (C=O) groups is 2. The van der Waals surface area contributed by atoms with Crippen LogP contribution in [0.1, 0.15) is 28.8 Å². The molecule has 2 aromatic carbocycles. The van der Waals surface area contributed by atoms with Crippen LogP contribution >= 0.6 is 0 Å². The number of rotatable bonds is 6. The first-order valence-corrected chi connectivity index (χ1v) is 9.58. The van der Waals surface area contributed by atoms with Crippen LogP contribution < -0.4 is 16.8 Å². The number of nitrogens with one attached hydrogen (secondary N) is 1. The summed E-state index contributed by atoms with van der Waals surface area (Å²) in [5.74, 6) is -1.85. The second-order valence-corrected chi connectivity index (χ2v) is 7.38. The number of hydrogen-bond acceptors (Lipinski definition) is 5. The number of halogens is 1. The van der Waals surface area contributed by atoms with Gasteiger partial charge < -0.3 is 21.5 Å². The predicted octanol–water partition coefficient (Wildman–Crippen LogP) is 1.65. The van der Waals surface area contributed by atoms with Crippen LogP contribution in [0.2, 0.25) is 0 Å². The van der Waals surface area contributed by atoms with Crippen molar-refractivity contribution in [2.75, 3.05) is 13.2 Å². The molecule has 2 aromatic rings. The maximum Gasteiger partial charge on any atom is 0.251 e. The predicted molar refractivity (Wildman–Crippen MR) is 109 cm³/mol. The summed E-state index contributed by atoms with van der Waals surface area (Å²) in [5, 5.41) is 12.2. The Morgan fingerprint density at radius 1 is 1.17 bits per heavy atom. The van der Waals surface area contributed by atoms with Crippen molar-refractivity contribution in [3.63, 3.8) is 0 Å². The second kappa shape index (κ2) is 9.03. The van der Waals surface area contributed by atoms with Crippen LogP contribution in [0.3, 0.4) is 0 Å². The normalized spacial score (nSPS) is 16.3. The summed E-state index contributed by atoms with van der Waals surface area (Å²) >= 11 is 0. The number of nitrogens with zero attached hydrogens (tertiary/aromatic N) is 1. The zero-order chi connectivity index (χ0) is 21.7. The molecule has 2 amide bonds. The van der Waals surface area contributed by atoms with Gasteiger partial charge in [0.25, 0.3) is 5.91 Å². The van der Waals surface area contributed by atoms with E-state index in [9.17, 15) is 19.2 Å². The number of nitrogens with two attached hydrogens (primary N) is 2. The van der Waals surface area contributed by atoms with Crippen molar-refractivity contribution in [1.82, 2.24) is 5.32 Å². The summed E-state index contributed by atoms with van der Waals surface area (Å²) < 4.78 is 19.2. The number of primary amides is 1. The van der Waals surface area contributed by atoms with E-state index in [0.717, 1.165) is 11.1 Å². The van der Waals surface area contributed by atoms with E-state index >= 15 is 0 Å². The SMILES string of the molecule is N#CC(Cc1ccc(-c2ccc(C(N)=O)c(F)c2)cc1)NC(=O)C1(N)CCOCC1. The van der Waals surface area contributed by atoms with Gasteiger partial charge in [-0.1, -0.05) is 30.3 Å². The van der Waals surface area contributed by atoms with Crippen LogP contribution in [0, 0.1) is 17.1 Å². The smallest absolute Gasteiger partial charge is 0.251 e. The third kappa shape index (κ3) is 4.82. The summed E-state index contributed by atoms with van der Waals surface area (Å²) in [6, 6.07) is 12.8. The lowest BCUT2D eigenvalue weighted by molar-refractivity contribution is -0.130. The van der Waals surface area contributed by atoms with Gasteiger partial charge in [-0.25, -0.2) is 4.39 Å². The lowest BCUT2D eigenvalue weighted by Gasteiger charge is -2.32. The fourth-order valence-corrected chi connectivity index (χ4v) is 3.36. The zero-order valence-corrected chi connectivity index (χ0v) is 16.4. The zero-order valence-electron chi connectivity index (χ0n) is 16.4. The standard InChI is InChI=1S/C22H23FN4O3/c23-19-12-16(5-6-18(19)20(25)28)15-3-1-14(2-4-15)11-17(13-24)27-21(29)22(26)7-9-30-10-8-22/h1-6,12,17H,7-11,26H2,(H2,25,28)(H,27,29). The summed E-state index contributed by atoms with van der Waals surface area (Å²) in [5.41, 5.74) is 12.3. The van der Waals surface area contributed by atoms with Crippen molar-refractivity contribution in [2.45, 2.75) is 30.8 Å². The fourth-order valence-electron chi connectivity index (χ4n) is 3.36. The van der Waals surface area contributed by atoms with Crippen molar-refractivity contribution in [2.24, 2.45) is 11.5 Å². The molecule has 0 radical (unpaired) electrons. The van der Waals surface area contributed by atoms with Crippen molar-refractivity contribution in [1.29, 1.82) is 5.26 Å². The van der Waals surface area contributed by atoms with Gasteiger partial charge in [0.2, 0.25) is 5.91 Å². The quantitative estimate of drug-likeness (QED) is 0.666. The molecule has 1 saturated heterocycles. The summed E-state index contributed by atoms with van der Waals surface area (Å²) in [4.78, 5) is 23.7. The molecule has 1 fully saturated rings. The minimum atomic E-state index is -1.02. The van der Waals surface area contributed by atoms with Gasteiger partial charge in [-0.2, -0.15) is 5.26 Å². The van der Waals surface area contributed by atoms with Crippen molar-refractivity contribution >= 4 is 11.8 Å². The van der Waals surface area contributed by atoms with E-state index in [4.69, 9.17) is 16.2 Å². The highest BCUT2D eigenvalue weighted by Gasteiger charge is 2.36. The minimum Gasteiger partial charge on any atom is -0.381 e. The molecule has 3 rings (SSSR count). The maximum atomic E-state index is 14.0. The lowest BCUT2D eigenvalue weighted by atomic mass is 9.90. The Hall–Kier alpha value is -3.28. The van der Waals surface area contributed by atoms with E-state index in [0.29, 0.717) is 38.0 Å². The van der Waals surface area contributed by atoms with Crippen molar-refractivity contribution in [3.8, 4) is 17.2 Å². The number of amides is 2. The third-order valence-electron chi connectivity index (χ3n) is 5.26. The Morgan fingerprint density at radius 2 is 1.80 bits per heavy atom. The van der Waals surface area contributed by atoms with Gasteiger partial charge in [0, 0.05) is 19.6 Å². The molecule has 7 nitrogen and oxygen atoms in total. The molecule has 1 heterocycles.